The fraction of sp³-hybridized carbons (Fsp3) is 0.833. The van der Waals surface area contributed by atoms with Gasteiger partial charge in [0.05, 0.1) is 12.0 Å². The molecule has 0 aliphatic heterocycles. The summed E-state index contributed by atoms with van der Waals surface area (Å²) in [7, 11) is 0. The number of carbonyl (C=O) groups excluding carboxylic acids is 1. The smallest absolute Gasteiger partial charge is 0.0716 e. The van der Waals surface area contributed by atoms with Gasteiger partial charge in [-0.05, 0) is 12.3 Å². The maximum Gasteiger partial charge on any atom is 0.0716 e. The second-order valence-electron chi connectivity index (χ2n) is 2.63. The van der Waals surface area contributed by atoms with Crippen LogP contribution in [0.25, 0.3) is 0 Å². The molecule has 1 atom stereocenters. The van der Waals surface area contributed by atoms with Crippen LogP contribution in [0.3, 0.4) is 0 Å². The standard InChI is InChI=1S/C6H13NO3/c1-4(2)3-5(7-10)6(8)9/h4-5,7,10H,3H2,1-2H3,(H,8,9)/p-1/t5-/m0/s1. The van der Waals surface area contributed by atoms with Crippen LogP contribution in [0.2, 0.25) is 0 Å². The van der Waals surface area contributed by atoms with E-state index in [-0.39, 0.29) is 5.92 Å². The van der Waals surface area contributed by atoms with Gasteiger partial charge in [-0.25, -0.2) is 0 Å². The van der Waals surface area contributed by atoms with Crippen LogP contribution in [-0.2, 0) is 4.79 Å². The number of carboxylic acid groups (broad SMARTS) is 1. The molecule has 0 saturated carbocycles. The zero-order valence-electron chi connectivity index (χ0n) is 6.13. The monoisotopic (exact) mass is 146 g/mol. The highest BCUT2D eigenvalue weighted by Crippen LogP contribution is 2.02. The molecular weight excluding hydrogens is 134 g/mol. The molecule has 0 aliphatic rings. The van der Waals surface area contributed by atoms with Gasteiger partial charge < -0.3 is 15.1 Å². The van der Waals surface area contributed by atoms with E-state index in [1.165, 1.54) is 0 Å². The van der Waals surface area contributed by atoms with Crippen molar-refractivity contribution >= 4 is 5.97 Å². The summed E-state index contributed by atoms with van der Waals surface area (Å²) in [6, 6.07) is -0.944. The van der Waals surface area contributed by atoms with Crippen LogP contribution in [0, 0.1) is 5.92 Å². The first-order valence-electron chi connectivity index (χ1n) is 3.18. The minimum absolute atomic E-state index is 0.225. The molecule has 0 bridgehead atoms. The molecule has 0 saturated heterocycles. The Bertz CT molecular complexity index is 114. The molecule has 0 heterocycles. The first kappa shape index (κ1) is 9.39. The van der Waals surface area contributed by atoms with E-state index in [4.69, 9.17) is 5.21 Å². The molecule has 4 heteroatoms. The molecule has 0 aromatic rings. The van der Waals surface area contributed by atoms with Gasteiger partial charge in [0.1, 0.15) is 0 Å². The number of carboxylic acids is 1. The minimum Gasteiger partial charge on any atom is -0.548 e. The highest BCUT2D eigenvalue weighted by Gasteiger charge is 2.09. The Morgan fingerprint density at radius 3 is 2.30 bits per heavy atom. The summed E-state index contributed by atoms with van der Waals surface area (Å²) in [4.78, 5) is 10.1. The third-order valence-electron chi connectivity index (χ3n) is 1.15. The molecule has 0 aromatic carbocycles. The number of hydrogen-bond acceptors (Lipinski definition) is 4. The number of rotatable bonds is 4. The summed E-state index contributed by atoms with van der Waals surface area (Å²) >= 11 is 0. The maximum absolute atomic E-state index is 10.1. The number of nitrogens with one attached hydrogen (secondary N) is 1. The number of hydrogen-bond donors (Lipinski definition) is 2. The van der Waals surface area contributed by atoms with Crippen LogP contribution in [0.15, 0.2) is 0 Å². The minimum atomic E-state index is -1.27. The van der Waals surface area contributed by atoms with E-state index in [0.29, 0.717) is 6.42 Å². The molecular formula is C6H12NO3-. The molecule has 0 fully saturated rings. The molecule has 0 spiro atoms. The van der Waals surface area contributed by atoms with Crippen molar-refractivity contribution in [1.82, 2.24) is 5.48 Å². The Kier molecular flexibility index (Phi) is 3.99. The summed E-state index contributed by atoms with van der Waals surface area (Å²) in [5.74, 6) is -1.04. The van der Waals surface area contributed by atoms with Crippen LogP contribution >= 0.6 is 0 Å². The average Bonchev–Trinajstić information content (AvgIpc) is 1.81. The summed E-state index contributed by atoms with van der Waals surface area (Å²) < 4.78 is 0. The normalized spacial score (nSPS) is 13.6. The van der Waals surface area contributed by atoms with Crippen molar-refractivity contribution in [3.8, 4) is 0 Å². The predicted octanol–water partition coefficient (Wildman–Crippen LogP) is -0.870. The fourth-order valence-corrected chi connectivity index (χ4v) is 0.673. The summed E-state index contributed by atoms with van der Waals surface area (Å²) in [6.07, 6.45) is 0.374. The Hall–Kier alpha value is -0.610. The SMILES string of the molecule is CC(C)C[C@H](NO)C(=O)[O-]. The molecule has 60 valence electrons. The maximum atomic E-state index is 10.1. The third kappa shape index (κ3) is 3.42. The predicted molar refractivity (Wildman–Crippen MR) is 33.2 cm³/mol. The first-order chi connectivity index (χ1) is 4.57. The van der Waals surface area contributed by atoms with E-state index in [1.807, 2.05) is 13.8 Å². The van der Waals surface area contributed by atoms with Gasteiger partial charge in [0.25, 0.3) is 0 Å². The van der Waals surface area contributed by atoms with Gasteiger partial charge in [-0.2, -0.15) is 5.48 Å². The van der Waals surface area contributed by atoms with Gasteiger partial charge in [-0.1, -0.05) is 13.8 Å². The summed E-state index contributed by atoms with van der Waals surface area (Å²) in [5, 5.41) is 18.4. The van der Waals surface area contributed by atoms with E-state index >= 15 is 0 Å². The number of carbonyl (C=O) groups is 1. The van der Waals surface area contributed by atoms with E-state index in [0.717, 1.165) is 0 Å². The third-order valence-corrected chi connectivity index (χ3v) is 1.15. The van der Waals surface area contributed by atoms with Crippen molar-refractivity contribution in [2.75, 3.05) is 0 Å². The molecule has 10 heavy (non-hydrogen) atoms. The largest absolute Gasteiger partial charge is 0.548 e. The quantitative estimate of drug-likeness (QED) is 0.506. The van der Waals surface area contributed by atoms with Gasteiger partial charge in [-0.3, -0.25) is 0 Å². The lowest BCUT2D eigenvalue weighted by Crippen LogP contribution is -2.44. The molecule has 0 rings (SSSR count). The van der Waals surface area contributed by atoms with Gasteiger partial charge >= 0.3 is 0 Å². The van der Waals surface area contributed by atoms with Crippen molar-refractivity contribution in [3.05, 3.63) is 0 Å². The summed E-state index contributed by atoms with van der Waals surface area (Å²) in [6.45, 7) is 3.74. The molecule has 0 aliphatic carbocycles. The second-order valence-corrected chi connectivity index (χ2v) is 2.63. The molecule has 0 aromatic heterocycles. The lowest BCUT2D eigenvalue weighted by Gasteiger charge is -2.17. The van der Waals surface area contributed by atoms with Crippen LogP contribution in [0.5, 0.6) is 0 Å². The number of hydroxylamine groups is 1. The van der Waals surface area contributed by atoms with E-state index < -0.39 is 12.0 Å². The van der Waals surface area contributed by atoms with Gasteiger partial charge in [0.2, 0.25) is 0 Å². The first-order valence-corrected chi connectivity index (χ1v) is 3.18. The Morgan fingerprint density at radius 1 is 1.70 bits per heavy atom. The van der Waals surface area contributed by atoms with Gasteiger partial charge in [0.15, 0.2) is 0 Å². The van der Waals surface area contributed by atoms with E-state index in [9.17, 15) is 9.90 Å². The van der Waals surface area contributed by atoms with Crippen LogP contribution < -0.4 is 10.6 Å². The highest BCUT2D eigenvalue weighted by atomic mass is 16.5. The fourth-order valence-electron chi connectivity index (χ4n) is 0.673. The lowest BCUT2D eigenvalue weighted by atomic mass is 10.1. The Balaban J connectivity index is 3.72. The van der Waals surface area contributed by atoms with Crippen molar-refractivity contribution in [3.63, 3.8) is 0 Å². The molecule has 0 unspecified atom stereocenters. The lowest BCUT2D eigenvalue weighted by molar-refractivity contribution is -0.310. The Morgan fingerprint density at radius 2 is 2.20 bits per heavy atom. The van der Waals surface area contributed by atoms with Gasteiger partial charge in [-0.15, -0.1) is 0 Å². The van der Waals surface area contributed by atoms with Crippen molar-refractivity contribution in [1.29, 1.82) is 0 Å². The topological polar surface area (TPSA) is 72.4 Å². The van der Waals surface area contributed by atoms with Crippen LogP contribution in [0.1, 0.15) is 20.3 Å². The van der Waals surface area contributed by atoms with Crippen LogP contribution in [-0.4, -0.2) is 17.2 Å². The van der Waals surface area contributed by atoms with Crippen molar-refractivity contribution < 1.29 is 15.1 Å². The van der Waals surface area contributed by atoms with E-state index in [2.05, 4.69) is 0 Å². The average molecular weight is 146 g/mol. The van der Waals surface area contributed by atoms with Crippen LogP contribution in [0.4, 0.5) is 0 Å². The zero-order chi connectivity index (χ0) is 8.15. The molecule has 0 radical (unpaired) electrons. The van der Waals surface area contributed by atoms with Gasteiger partial charge in [0, 0.05) is 0 Å². The van der Waals surface area contributed by atoms with E-state index in [1.54, 1.807) is 5.48 Å². The van der Waals surface area contributed by atoms with Crippen molar-refractivity contribution in [2.45, 2.75) is 26.3 Å². The molecule has 0 amide bonds. The Labute approximate surface area is 59.8 Å². The number of aliphatic carboxylic acids is 1. The highest BCUT2D eigenvalue weighted by molar-refractivity contribution is 5.70. The molecule has 4 nitrogen and oxygen atoms in total. The second kappa shape index (κ2) is 4.24. The van der Waals surface area contributed by atoms with Crippen molar-refractivity contribution in [2.24, 2.45) is 5.92 Å². The molecule has 2 N–H and O–H groups in total. The zero-order valence-corrected chi connectivity index (χ0v) is 6.13. The summed E-state index contributed by atoms with van der Waals surface area (Å²) in [5.41, 5.74) is 1.67.